The van der Waals surface area contributed by atoms with Crippen molar-refractivity contribution in [3.63, 3.8) is 0 Å². The van der Waals surface area contributed by atoms with E-state index in [0.29, 0.717) is 17.3 Å². The number of hydrogen-bond acceptors (Lipinski definition) is 6. The standard InChI is InChI=1S/C16H19N7OS/c1-10-14(25-9-17-10)16(24)19-12-6-11(7-12)15-21-20-13(22(15)2)8-23-5-3-4-18-23/h3-5,9,11-12H,6-8H2,1-2H3,(H,19,24). The van der Waals surface area contributed by atoms with Crippen LogP contribution in [0.5, 0.6) is 0 Å². The van der Waals surface area contributed by atoms with Gasteiger partial charge in [-0.05, 0) is 25.8 Å². The average molecular weight is 357 g/mol. The Labute approximate surface area is 148 Å². The first-order chi connectivity index (χ1) is 12.1. The number of amides is 1. The van der Waals surface area contributed by atoms with Crippen molar-refractivity contribution < 1.29 is 4.79 Å². The van der Waals surface area contributed by atoms with E-state index in [4.69, 9.17) is 0 Å². The van der Waals surface area contributed by atoms with Crippen LogP contribution in [-0.2, 0) is 13.6 Å². The minimum atomic E-state index is -0.0270. The van der Waals surface area contributed by atoms with Crippen LogP contribution in [0.25, 0.3) is 0 Å². The van der Waals surface area contributed by atoms with Gasteiger partial charge in [-0.2, -0.15) is 5.10 Å². The molecule has 0 aromatic carbocycles. The molecule has 8 nitrogen and oxygen atoms in total. The topological polar surface area (TPSA) is 90.5 Å². The molecule has 3 aromatic heterocycles. The van der Waals surface area contributed by atoms with Crippen LogP contribution < -0.4 is 5.32 Å². The van der Waals surface area contributed by atoms with Crippen LogP contribution in [0.4, 0.5) is 0 Å². The van der Waals surface area contributed by atoms with Crippen LogP contribution in [-0.4, -0.2) is 41.5 Å². The Hall–Kier alpha value is -2.55. The first kappa shape index (κ1) is 15.9. The number of nitrogens with one attached hydrogen (secondary N) is 1. The number of hydrogen-bond donors (Lipinski definition) is 1. The van der Waals surface area contributed by atoms with Crippen molar-refractivity contribution in [2.24, 2.45) is 7.05 Å². The van der Waals surface area contributed by atoms with Crippen LogP contribution in [0, 0.1) is 6.92 Å². The molecule has 3 heterocycles. The zero-order chi connectivity index (χ0) is 17.4. The fourth-order valence-corrected chi connectivity index (χ4v) is 3.83. The normalized spacial score (nSPS) is 19.6. The summed E-state index contributed by atoms with van der Waals surface area (Å²) in [5.74, 6) is 2.16. The van der Waals surface area contributed by atoms with Gasteiger partial charge in [0, 0.05) is 31.4 Å². The first-order valence-corrected chi connectivity index (χ1v) is 9.06. The number of nitrogens with zero attached hydrogens (tertiary/aromatic N) is 6. The quantitative estimate of drug-likeness (QED) is 0.747. The molecule has 0 unspecified atom stereocenters. The second-order valence-corrected chi connectivity index (χ2v) is 7.20. The third-order valence-corrected chi connectivity index (χ3v) is 5.58. The van der Waals surface area contributed by atoms with Crippen molar-refractivity contribution in [3.05, 3.63) is 46.2 Å². The molecule has 0 atom stereocenters. The molecule has 9 heteroatoms. The Morgan fingerprint density at radius 1 is 1.40 bits per heavy atom. The van der Waals surface area contributed by atoms with E-state index < -0.39 is 0 Å². The molecule has 0 aliphatic heterocycles. The minimum Gasteiger partial charge on any atom is -0.349 e. The van der Waals surface area contributed by atoms with E-state index in [2.05, 4.69) is 25.6 Å². The van der Waals surface area contributed by atoms with Crippen molar-refractivity contribution in [1.29, 1.82) is 0 Å². The predicted molar refractivity (Wildman–Crippen MR) is 92.4 cm³/mol. The lowest BCUT2D eigenvalue weighted by atomic mass is 9.79. The molecule has 3 aromatic rings. The Morgan fingerprint density at radius 3 is 2.92 bits per heavy atom. The van der Waals surface area contributed by atoms with Gasteiger partial charge in [-0.15, -0.1) is 21.5 Å². The summed E-state index contributed by atoms with van der Waals surface area (Å²) in [6, 6.07) is 2.08. The summed E-state index contributed by atoms with van der Waals surface area (Å²) in [6.45, 7) is 2.46. The van der Waals surface area contributed by atoms with Gasteiger partial charge in [0.1, 0.15) is 17.2 Å². The number of carbonyl (C=O) groups excluding carboxylic acids is 1. The van der Waals surface area contributed by atoms with E-state index in [0.717, 1.165) is 30.2 Å². The molecule has 0 radical (unpaired) electrons. The molecule has 1 amide bonds. The van der Waals surface area contributed by atoms with Crippen LogP contribution in [0.15, 0.2) is 24.0 Å². The van der Waals surface area contributed by atoms with Gasteiger partial charge in [0.05, 0.1) is 11.2 Å². The number of carbonyl (C=O) groups is 1. The molecule has 1 saturated carbocycles. The summed E-state index contributed by atoms with van der Waals surface area (Å²) in [5.41, 5.74) is 2.49. The number of rotatable bonds is 5. The summed E-state index contributed by atoms with van der Waals surface area (Å²) in [4.78, 5) is 17.1. The zero-order valence-corrected chi connectivity index (χ0v) is 14.9. The molecule has 0 saturated heterocycles. The molecule has 1 aliphatic rings. The Bertz CT molecular complexity index is 876. The van der Waals surface area contributed by atoms with Gasteiger partial charge in [-0.1, -0.05) is 0 Å². The van der Waals surface area contributed by atoms with Gasteiger partial charge in [0.25, 0.3) is 5.91 Å². The lowest BCUT2D eigenvalue weighted by Gasteiger charge is -2.34. The Morgan fingerprint density at radius 2 is 2.24 bits per heavy atom. The Kier molecular flexibility index (Phi) is 4.08. The predicted octanol–water partition coefficient (Wildman–Crippen LogP) is 1.50. The maximum Gasteiger partial charge on any atom is 0.263 e. The molecular weight excluding hydrogens is 338 g/mol. The second-order valence-electron chi connectivity index (χ2n) is 6.34. The van der Waals surface area contributed by atoms with E-state index in [9.17, 15) is 4.79 Å². The van der Waals surface area contributed by atoms with E-state index in [1.54, 1.807) is 11.7 Å². The second kappa shape index (κ2) is 6.40. The Balaban J connectivity index is 1.35. The van der Waals surface area contributed by atoms with Gasteiger partial charge in [-0.25, -0.2) is 4.98 Å². The van der Waals surface area contributed by atoms with Crippen LogP contribution in [0.3, 0.4) is 0 Å². The fourth-order valence-electron chi connectivity index (χ4n) is 3.12. The van der Waals surface area contributed by atoms with Crippen molar-refractivity contribution in [3.8, 4) is 0 Å². The summed E-state index contributed by atoms with van der Waals surface area (Å²) in [7, 11) is 1.99. The lowest BCUT2D eigenvalue weighted by Crippen LogP contribution is -2.44. The molecule has 1 fully saturated rings. The van der Waals surface area contributed by atoms with Gasteiger partial charge in [0.15, 0.2) is 5.82 Å². The van der Waals surface area contributed by atoms with Gasteiger partial charge in [-0.3, -0.25) is 9.48 Å². The van der Waals surface area contributed by atoms with Crippen molar-refractivity contribution in [2.75, 3.05) is 0 Å². The lowest BCUT2D eigenvalue weighted by molar-refractivity contribution is 0.0910. The highest BCUT2D eigenvalue weighted by atomic mass is 32.1. The van der Waals surface area contributed by atoms with Crippen molar-refractivity contribution in [2.45, 2.75) is 38.3 Å². The number of thiazole rings is 1. The van der Waals surface area contributed by atoms with Crippen LogP contribution >= 0.6 is 11.3 Å². The van der Waals surface area contributed by atoms with Crippen LogP contribution in [0.1, 0.15) is 45.8 Å². The SMILES string of the molecule is Cc1ncsc1C(=O)NC1CC(c2nnc(Cn3cccn3)n2C)C1. The molecule has 25 heavy (non-hydrogen) atoms. The number of aryl methyl sites for hydroxylation is 1. The average Bonchev–Trinajstić information content (AvgIpc) is 3.27. The van der Waals surface area contributed by atoms with Crippen molar-refractivity contribution >= 4 is 17.2 Å². The molecule has 1 N–H and O–H groups in total. The summed E-state index contributed by atoms with van der Waals surface area (Å²) < 4.78 is 3.87. The highest BCUT2D eigenvalue weighted by Crippen LogP contribution is 2.36. The molecular formula is C16H19N7OS. The maximum atomic E-state index is 12.2. The molecule has 4 rings (SSSR count). The maximum absolute atomic E-state index is 12.2. The highest BCUT2D eigenvalue weighted by Gasteiger charge is 2.35. The van der Waals surface area contributed by atoms with E-state index in [1.165, 1.54) is 11.3 Å². The van der Waals surface area contributed by atoms with Crippen molar-refractivity contribution in [1.82, 2.24) is 34.8 Å². The zero-order valence-electron chi connectivity index (χ0n) is 14.1. The number of aromatic nitrogens is 6. The van der Waals surface area contributed by atoms with E-state index in [1.807, 2.05) is 35.5 Å². The summed E-state index contributed by atoms with van der Waals surface area (Å²) in [6.07, 6.45) is 5.43. The minimum absolute atomic E-state index is 0.0270. The highest BCUT2D eigenvalue weighted by molar-refractivity contribution is 7.11. The fraction of sp³-hybridized carbons (Fsp3) is 0.438. The molecule has 0 spiro atoms. The van der Waals surface area contributed by atoms with E-state index >= 15 is 0 Å². The monoisotopic (exact) mass is 357 g/mol. The summed E-state index contributed by atoms with van der Waals surface area (Å²) >= 11 is 1.38. The largest absolute Gasteiger partial charge is 0.349 e. The molecule has 1 aliphatic carbocycles. The van der Waals surface area contributed by atoms with Gasteiger partial charge >= 0.3 is 0 Å². The third-order valence-electron chi connectivity index (χ3n) is 4.65. The smallest absolute Gasteiger partial charge is 0.263 e. The first-order valence-electron chi connectivity index (χ1n) is 8.18. The summed E-state index contributed by atoms with van der Waals surface area (Å²) in [5, 5.41) is 15.9. The molecule has 0 bridgehead atoms. The molecule has 130 valence electrons. The van der Waals surface area contributed by atoms with Gasteiger partial charge < -0.3 is 9.88 Å². The van der Waals surface area contributed by atoms with Crippen LogP contribution in [0.2, 0.25) is 0 Å². The third kappa shape index (κ3) is 3.07. The van der Waals surface area contributed by atoms with Gasteiger partial charge in [0.2, 0.25) is 0 Å². The van der Waals surface area contributed by atoms with E-state index in [-0.39, 0.29) is 11.9 Å².